The first-order valence-electron chi connectivity index (χ1n) is 8.17. The Labute approximate surface area is 133 Å². The van der Waals surface area contributed by atoms with Gasteiger partial charge in [-0.15, -0.1) is 0 Å². The third-order valence-electron chi connectivity index (χ3n) is 5.11. The molecule has 0 bridgehead atoms. The number of likely N-dealkylation sites (N-methyl/N-ethyl adjacent to an activating group) is 2. The van der Waals surface area contributed by atoms with Crippen LogP contribution >= 0.6 is 0 Å². The molecule has 0 N–H and O–H groups in total. The third-order valence-corrected chi connectivity index (χ3v) is 5.11. The van der Waals surface area contributed by atoms with Gasteiger partial charge in [-0.25, -0.2) is 0 Å². The van der Waals surface area contributed by atoms with Crippen LogP contribution in [0, 0.1) is 0 Å². The van der Waals surface area contributed by atoms with Crippen LogP contribution in [-0.2, 0) is 19.0 Å². The number of carbonyl (C=O) groups excluding carboxylic acids is 1. The molecule has 128 valence electrons. The minimum Gasteiger partial charge on any atom is -0.376 e. The molecule has 1 aliphatic carbocycles. The van der Waals surface area contributed by atoms with E-state index in [1.54, 1.807) is 19.1 Å². The van der Waals surface area contributed by atoms with Gasteiger partial charge in [0, 0.05) is 27.3 Å². The lowest BCUT2D eigenvalue weighted by atomic mass is 10.0. The maximum Gasteiger partial charge on any atom is 0.236 e. The Morgan fingerprint density at radius 2 is 1.82 bits per heavy atom. The van der Waals surface area contributed by atoms with E-state index in [-0.39, 0.29) is 24.2 Å². The summed E-state index contributed by atoms with van der Waals surface area (Å²) >= 11 is 0. The molecule has 2 rings (SSSR count). The molecule has 0 unspecified atom stereocenters. The van der Waals surface area contributed by atoms with Crippen LogP contribution in [0.3, 0.4) is 0 Å². The number of ether oxygens (including phenoxy) is 3. The van der Waals surface area contributed by atoms with Gasteiger partial charge >= 0.3 is 0 Å². The van der Waals surface area contributed by atoms with Crippen molar-refractivity contribution >= 4 is 5.91 Å². The second-order valence-corrected chi connectivity index (χ2v) is 6.44. The first kappa shape index (κ1) is 17.7. The predicted molar refractivity (Wildman–Crippen MR) is 83.9 cm³/mol. The summed E-state index contributed by atoms with van der Waals surface area (Å²) < 4.78 is 16.6. The Bertz CT molecular complexity index is 360. The van der Waals surface area contributed by atoms with Gasteiger partial charge in [-0.05, 0) is 19.9 Å². The highest BCUT2D eigenvalue weighted by atomic mass is 16.6. The molecular weight excluding hydrogens is 284 g/mol. The highest BCUT2D eigenvalue weighted by Gasteiger charge is 2.38. The molecule has 22 heavy (non-hydrogen) atoms. The van der Waals surface area contributed by atoms with Crippen molar-refractivity contribution in [1.29, 1.82) is 0 Å². The normalized spacial score (nSPS) is 30.0. The van der Waals surface area contributed by atoms with Crippen molar-refractivity contribution in [1.82, 2.24) is 9.80 Å². The summed E-state index contributed by atoms with van der Waals surface area (Å²) in [4.78, 5) is 16.6. The van der Waals surface area contributed by atoms with E-state index in [0.717, 1.165) is 0 Å². The number of hydrogen-bond acceptors (Lipinski definition) is 5. The molecular formula is C16H30N2O4. The minimum atomic E-state index is -0.149. The fourth-order valence-corrected chi connectivity index (χ4v) is 3.57. The van der Waals surface area contributed by atoms with Crippen LogP contribution in [0.15, 0.2) is 0 Å². The van der Waals surface area contributed by atoms with Crippen molar-refractivity contribution < 1.29 is 19.0 Å². The topological polar surface area (TPSA) is 51.2 Å². The maximum absolute atomic E-state index is 12.6. The van der Waals surface area contributed by atoms with Crippen LogP contribution in [0.2, 0.25) is 0 Å². The molecule has 0 aromatic carbocycles. The number of methoxy groups -OCH3 is 2. The second kappa shape index (κ2) is 8.24. The Kier molecular flexibility index (Phi) is 6.62. The molecule has 2 aliphatic rings. The standard InChI is InChI=1S/C16H30N2O4/c1-17(12-7-5-6-8-12)9-15(19)18(2)13-10-22-11-14(20-3)16(13)21-4/h12-14,16H,5-11H2,1-4H3/t13-,14-,16+/m1/s1. The van der Waals surface area contributed by atoms with Gasteiger partial charge in [0.05, 0.1) is 25.8 Å². The van der Waals surface area contributed by atoms with Gasteiger partial charge < -0.3 is 19.1 Å². The number of rotatable bonds is 6. The summed E-state index contributed by atoms with van der Waals surface area (Å²) in [7, 11) is 7.20. The predicted octanol–water partition coefficient (Wildman–Crippen LogP) is 0.748. The summed E-state index contributed by atoms with van der Waals surface area (Å²) in [5.74, 6) is 0.113. The van der Waals surface area contributed by atoms with E-state index in [1.165, 1.54) is 25.7 Å². The largest absolute Gasteiger partial charge is 0.376 e. The average molecular weight is 314 g/mol. The molecule has 1 aliphatic heterocycles. The van der Waals surface area contributed by atoms with Crippen molar-refractivity contribution in [3.05, 3.63) is 0 Å². The van der Waals surface area contributed by atoms with E-state index in [4.69, 9.17) is 14.2 Å². The highest BCUT2D eigenvalue weighted by Crippen LogP contribution is 2.23. The van der Waals surface area contributed by atoms with E-state index >= 15 is 0 Å². The highest BCUT2D eigenvalue weighted by molar-refractivity contribution is 5.78. The number of amides is 1. The van der Waals surface area contributed by atoms with Gasteiger partial charge in [-0.3, -0.25) is 9.69 Å². The quantitative estimate of drug-likeness (QED) is 0.724. The maximum atomic E-state index is 12.6. The molecule has 1 heterocycles. The first-order chi connectivity index (χ1) is 10.6. The Hall–Kier alpha value is -0.690. The fourth-order valence-electron chi connectivity index (χ4n) is 3.57. The molecule has 6 nitrogen and oxygen atoms in total. The van der Waals surface area contributed by atoms with Crippen LogP contribution < -0.4 is 0 Å². The van der Waals surface area contributed by atoms with Gasteiger partial charge in [0.1, 0.15) is 12.2 Å². The van der Waals surface area contributed by atoms with Gasteiger partial charge in [0.2, 0.25) is 5.91 Å². The van der Waals surface area contributed by atoms with Crippen molar-refractivity contribution in [3.63, 3.8) is 0 Å². The van der Waals surface area contributed by atoms with Crippen LogP contribution in [0.4, 0.5) is 0 Å². The lowest BCUT2D eigenvalue weighted by Gasteiger charge is -2.41. The first-order valence-corrected chi connectivity index (χ1v) is 8.17. The van der Waals surface area contributed by atoms with Gasteiger partial charge in [0.25, 0.3) is 0 Å². The molecule has 1 amide bonds. The van der Waals surface area contributed by atoms with Gasteiger partial charge in [-0.2, -0.15) is 0 Å². The van der Waals surface area contributed by atoms with Crippen molar-refractivity contribution in [2.75, 3.05) is 48.1 Å². The molecule has 3 atom stereocenters. The van der Waals surface area contributed by atoms with E-state index in [2.05, 4.69) is 4.90 Å². The third kappa shape index (κ3) is 3.98. The summed E-state index contributed by atoms with van der Waals surface area (Å²) in [6, 6.07) is 0.443. The lowest BCUT2D eigenvalue weighted by molar-refractivity contribution is -0.165. The van der Waals surface area contributed by atoms with Crippen molar-refractivity contribution in [2.45, 2.75) is 50.0 Å². The molecule has 1 saturated heterocycles. The Morgan fingerprint density at radius 1 is 1.14 bits per heavy atom. The minimum absolute atomic E-state index is 0.104. The SMILES string of the molecule is CO[C@H]1[C@H](N(C)C(=O)CN(C)C2CCCC2)COC[C@H]1OC. The smallest absolute Gasteiger partial charge is 0.236 e. The number of hydrogen-bond donors (Lipinski definition) is 0. The molecule has 6 heteroatoms. The molecule has 0 radical (unpaired) electrons. The monoisotopic (exact) mass is 314 g/mol. The van der Waals surface area contributed by atoms with Crippen LogP contribution in [-0.4, -0.2) is 88.1 Å². The summed E-state index contributed by atoms with van der Waals surface area (Å²) in [5.41, 5.74) is 0. The van der Waals surface area contributed by atoms with Crippen LogP contribution in [0.1, 0.15) is 25.7 Å². The molecule has 1 saturated carbocycles. The zero-order valence-electron chi connectivity index (χ0n) is 14.3. The second-order valence-electron chi connectivity index (χ2n) is 6.44. The van der Waals surface area contributed by atoms with E-state index < -0.39 is 0 Å². The van der Waals surface area contributed by atoms with Crippen molar-refractivity contribution in [3.8, 4) is 0 Å². The fraction of sp³-hybridized carbons (Fsp3) is 0.938. The van der Waals surface area contributed by atoms with Gasteiger partial charge in [-0.1, -0.05) is 12.8 Å². The summed E-state index contributed by atoms with van der Waals surface area (Å²) in [6.07, 6.45) is 4.67. The van der Waals surface area contributed by atoms with Crippen molar-refractivity contribution in [2.24, 2.45) is 0 Å². The number of nitrogens with zero attached hydrogens (tertiary/aromatic N) is 2. The average Bonchev–Trinajstić information content (AvgIpc) is 3.07. The lowest BCUT2D eigenvalue weighted by Crippen LogP contribution is -2.58. The summed E-state index contributed by atoms with van der Waals surface area (Å²) in [6.45, 7) is 1.45. The Morgan fingerprint density at radius 3 is 2.41 bits per heavy atom. The summed E-state index contributed by atoms with van der Waals surface area (Å²) in [5, 5.41) is 0. The number of carbonyl (C=O) groups is 1. The van der Waals surface area contributed by atoms with Gasteiger partial charge in [0.15, 0.2) is 0 Å². The van der Waals surface area contributed by atoms with E-state index in [0.29, 0.717) is 25.8 Å². The molecule has 0 spiro atoms. The zero-order valence-corrected chi connectivity index (χ0v) is 14.3. The molecule has 0 aromatic heterocycles. The van der Waals surface area contributed by atoms with E-state index in [1.807, 2.05) is 14.1 Å². The molecule has 2 fully saturated rings. The molecule has 0 aromatic rings. The van der Waals surface area contributed by atoms with E-state index in [9.17, 15) is 4.79 Å². The van der Waals surface area contributed by atoms with Crippen LogP contribution in [0.25, 0.3) is 0 Å². The Balaban J connectivity index is 1.93. The zero-order chi connectivity index (χ0) is 16.1. The van der Waals surface area contributed by atoms with Crippen LogP contribution in [0.5, 0.6) is 0 Å².